The van der Waals surface area contributed by atoms with Gasteiger partial charge in [0.05, 0.1) is 30.5 Å². The highest BCUT2D eigenvalue weighted by Gasteiger charge is 2.55. The standard InChI is InChI=1S/C42H67NO11/c1-22-16-23(2)36(47)24(3)17-25(4)37-26(5)18-28(7)42(51,54-37)39(48)40(49)43-15-11-10-12-31(43)41(50)53-38(29(8)34(46)21-33(22)45)27(6)19-30-13-14-32(44)35(20-30)52-9/h16,19,22,24-26,28-32,34-38,44,46-47,51H,10-15,17-18,20-21H2,1-9H3/b23-16+,27-19+/t22-,24-,25+,26+,28-,29-,30+,31?,32?,34?,35?,36?,37?,38?,42?/m1/s1. The van der Waals surface area contributed by atoms with E-state index in [9.17, 15) is 39.6 Å². The lowest BCUT2D eigenvalue weighted by Gasteiger charge is -2.46. The molecule has 306 valence electrons. The van der Waals surface area contributed by atoms with Crippen molar-refractivity contribution in [3.05, 3.63) is 23.3 Å². The lowest BCUT2D eigenvalue weighted by molar-refractivity contribution is -0.282. The molecule has 12 nitrogen and oxygen atoms in total. The van der Waals surface area contributed by atoms with Crippen LogP contribution in [-0.4, -0.2) is 111 Å². The number of rotatable bonds is 3. The first-order chi connectivity index (χ1) is 25.3. The molecule has 1 amide bonds. The van der Waals surface area contributed by atoms with Crippen LogP contribution in [0, 0.1) is 41.4 Å². The van der Waals surface area contributed by atoms with E-state index >= 15 is 0 Å². The monoisotopic (exact) mass is 761 g/mol. The van der Waals surface area contributed by atoms with Crippen molar-refractivity contribution in [1.82, 2.24) is 4.90 Å². The maximum absolute atomic E-state index is 14.2. The quantitative estimate of drug-likeness (QED) is 0.183. The molecule has 12 heteroatoms. The van der Waals surface area contributed by atoms with Crippen LogP contribution >= 0.6 is 0 Å². The highest BCUT2D eigenvalue weighted by molar-refractivity contribution is 6.39. The Kier molecular flexibility index (Phi) is 15.3. The third kappa shape index (κ3) is 9.90. The summed E-state index contributed by atoms with van der Waals surface area (Å²) in [7, 11) is 1.56. The van der Waals surface area contributed by atoms with Gasteiger partial charge in [0.15, 0.2) is 0 Å². The van der Waals surface area contributed by atoms with Crippen molar-refractivity contribution in [2.45, 2.75) is 162 Å². The van der Waals surface area contributed by atoms with Crippen LogP contribution in [0.4, 0.5) is 0 Å². The van der Waals surface area contributed by atoms with E-state index in [1.807, 2.05) is 26.8 Å². The number of carbonyl (C=O) groups excluding carboxylic acids is 4. The number of esters is 1. The number of Topliss-reactive ketones (excluding diaryl/α,β-unsaturated/α-hetero) is 2. The number of ether oxygens (including phenoxy) is 3. The zero-order chi connectivity index (χ0) is 40.2. The summed E-state index contributed by atoms with van der Waals surface area (Å²) in [6, 6.07) is -1.11. The highest BCUT2D eigenvalue weighted by Crippen LogP contribution is 2.41. The second-order valence-electron chi connectivity index (χ2n) is 17.3. The Balaban J connectivity index is 1.74. The number of aliphatic hydroxyl groups is 4. The fourth-order valence-corrected chi connectivity index (χ4v) is 9.45. The lowest BCUT2D eigenvalue weighted by Crippen LogP contribution is -2.62. The fourth-order valence-electron chi connectivity index (χ4n) is 9.45. The molecule has 1 aliphatic carbocycles. The van der Waals surface area contributed by atoms with Gasteiger partial charge in [0.1, 0.15) is 17.9 Å². The zero-order valence-corrected chi connectivity index (χ0v) is 33.9. The van der Waals surface area contributed by atoms with Crippen molar-refractivity contribution in [3.8, 4) is 0 Å². The summed E-state index contributed by atoms with van der Waals surface area (Å²) < 4.78 is 18.0. The fraction of sp³-hybridized carbons (Fsp3) is 0.810. The molecule has 0 spiro atoms. The Morgan fingerprint density at radius 2 is 1.57 bits per heavy atom. The number of carbonyl (C=O) groups is 4. The Labute approximate surface area is 321 Å². The van der Waals surface area contributed by atoms with Crippen molar-refractivity contribution in [2.75, 3.05) is 13.7 Å². The minimum Gasteiger partial charge on any atom is -0.456 e. The van der Waals surface area contributed by atoms with Gasteiger partial charge in [0.25, 0.3) is 11.7 Å². The molecule has 54 heavy (non-hydrogen) atoms. The van der Waals surface area contributed by atoms with E-state index in [0.29, 0.717) is 56.1 Å². The molecular weight excluding hydrogens is 694 g/mol. The molecular formula is C42H67NO11. The van der Waals surface area contributed by atoms with E-state index in [1.165, 1.54) is 4.90 Å². The van der Waals surface area contributed by atoms with Crippen molar-refractivity contribution in [3.63, 3.8) is 0 Å². The zero-order valence-electron chi connectivity index (χ0n) is 33.9. The van der Waals surface area contributed by atoms with Gasteiger partial charge in [-0.15, -0.1) is 0 Å². The largest absolute Gasteiger partial charge is 0.456 e. The average Bonchev–Trinajstić information content (AvgIpc) is 3.13. The maximum Gasteiger partial charge on any atom is 0.329 e. The second-order valence-corrected chi connectivity index (χ2v) is 17.3. The normalized spacial score (nSPS) is 44.1. The van der Waals surface area contributed by atoms with Crippen molar-refractivity contribution >= 4 is 23.4 Å². The summed E-state index contributed by atoms with van der Waals surface area (Å²) in [4.78, 5) is 57.1. The van der Waals surface area contributed by atoms with E-state index in [4.69, 9.17) is 14.2 Å². The minimum absolute atomic E-state index is 0.00649. The Hall–Kier alpha value is -2.48. The van der Waals surface area contributed by atoms with Crippen LogP contribution in [0.2, 0.25) is 0 Å². The number of piperidine rings is 1. The van der Waals surface area contributed by atoms with E-state index < -0.39 is 77.8 Å². The number of nitrogens with zero attached hydrogens (tertiary/aromatic N) is 1. The van der Waals surface area contributed by atoms with Crippen LogP contribution in [0.25, 0.3) is 0 Å². The molecule has 0 radical (unpaired) electrons. The number of cyclic esters (lactones) is 1. The van der Waals surface area contributed by atoms with Gasteiger partial charge in [-0.25, -0.2) is 4.79 Å². The molecule has 15 atom stereocenters. The molecule has 2 saturated heterocycles. The van der Waals surface area contributed by atoms with E-state index in [-0.39, 0.29) is 54.9 Å². The van der Waals surface area contributed by atoms with Gasteiger partial charge in [-0.3, -0.25) is 14.4 Å². The molecule has 0 aromatic heterocycles. The molecule has 3 heterocycles. The Morgan fingerprint density at radius 3 is 2.24 bits per heavy atom. The number of ketones is 2. The van der Waals surface area contributed by atoms with Crippen LogP contribution in [0.3, 0.4) is 0 Å². The lowest BCUT2D eigenvalue weighted by atomic mass is 9.76. The van der Waals surface area contributed by atoms with E-state index in [1.54, 1.807) is 47.8 Å². The molecule has 3 fully saturated rings. The van der Waals surface area contributed by atoms with Gasteiger partial charge in [-0.1, -0.05) is 53.7 Å². The van der Waals surface area contributed by atoms with Crippen LogP contribution < -0.4 is 0 Å². The summed E-state index contributed by atoms with van der Waals surface area (Å²) in [5, 5.41) is 45.1. The van der Waals surface area contributed by atoms with Crippen LogP contribution in [0.1, 0.15) is 113 Å². The van der Waals surface area contributed by atoms with Crippen molar-refractivity contribution in [2.24, 2.45) is 41.4 Å². The summed E-state index contributed by atoms with van der Waals surface area (Å²) in [6.07, 6.45) is 2.94. The van der Waals surface area contributed by atoms with Gasteiger partial charge in [0, 0.05) is 37.8 Å². The van der Waals surface area contributed by atoms with Gasteiger partial charge in [-0.2, -0.15) is 0 Å². The maximum atomic E-state index is 14.2. The molecule has 0 aromatic carbocycles. The number of hydrogen-bond acceptors (Lipinski definition) is 11. The molecule has 0 aromatic rings. The smallest absolute Gasteiger partial charge is 0.329 e. The molecule has 4 aliphatic rings. The number of amides is 1. The summed E-state index contributed by atoms with van der Waals surface area (Å²) >= 11 is 0. The first kappa shape index (κ1) is 44.2. The third-order valence-electron chi connectivity index (χ3n) is 12.9. The molecule has 1 saturated carbocycles. The molecule has 3 aliphatic heterocycles. The van der Waals surface area contributed by atoms with Gasteiger partial charge in [0.2, 0.25) is 5.79 Å². The summed E-state index contributed by atoms with van der Waals surface area (Å²) in [5.41, 5.74) is 1.26. The van der Waals surface area contributed by atoms with Crippen molar-refractivity contribution < 1.29 is 53.8 Å². The number of fused-ring (bicyclic) bond motifs is 3. The van der Waals surface area contributed by atoms with Crippen LogP contribution in [-0.2, 0) is 33.4 Å². The number of aliphatic hydroxyl groups excluding tert-OH is 3. The number of hydrogen-bond donors (Lipinski definition) is 4. The van der Waals surface area contributed by atoms with Gasteiger partial charge in [-0.05, 0) is 100 Å². The summed E-state index contributed by atoms with van der Waals surface area (Å²) in [5.74, 6) is -8.10. The third-order valence-corrected chi connectivity index (χ3v) is 12.9. The number of methoxy groups -OCH3 is 1. The predicted molar refractivity (Wildman–Crippen MR) is 202 cm³/mol. The predicted octanol–water partition coefficient (Wildman–Crippen LogP) is 4.30. The highest BCUT2D eigenvalue weighted by atomic mass is 16.6. The average molecular weight is 762 g/mol. The summed E-state index contributed by atoms with van der Waals surface area (Å²) in [6.45, 7) is 14.6. The Bertz CT molecular complexity index is 1410. The van der Waals surface area contributed by atoms with Gasteiger partial charge >= 0.3 is 5.97 Å². The van der Waals surface area contributed by atoms with Crippen LogP contribution in [0.15, 0.2) is 23.3 Å². The molecule has 8 unspecified atom stereocenters. The minimum atomic E-state index is -2.41. The second kappa shape index (κ2) is 18.6. The first-order valence-electron chi connectivity index (χ1n) is 20.2. The first-order valence-corrected chi connectivity index (χ1v) is 20.2. The number of allylic oxidation sites excluding steroid dienone is 2. The van der Waals surface area contributed by atoms with E-state index in [0.717, 1.165) is 0 Å². The SMILES string of the molecule is COC1C[C@H](/C=C(\C)C2OC(=O)C3CCCCN3C(=O)C(=O)C3(O)OC([C@@H](C)C[C@@H](C)C(O)/C(C)=C/[C@@H](C)C(=O)CC(O)[C@H]2C)[C@@H](C)C[C@H]3C)CCC1O. The molecule has 2 bridgehead atoms. The van der Waals surface area contributed by atoms with Gasteiger partial charge < -0.3 is 39.5 Å². The Morgan fingerprint density at radius 1 is 0.907 bits per heavy atom. The van der Waals surface area contributed by atoms with Crippen LogP contribution in [0.5, 0.6) is 0 Å². The molecule has 4 N–H and O–H groups in total. The van der Waals surface area contributed by atoms with Crippen molar-refractivity contribution in [1.29, 1.82) is 0 Å². The molecule has 4 rings (SSSR count). The topological polar surface area (TPSA) is 180 Å². The van der Waals surface area contributed by atoms with E-state index in [2.05, 4.69) is 0 Å².